The Balaban J connectivity index is 2.07. The van der Waals surface area contributed by atoms with E-state index in [2.05, 4.69) is 0 Å². The van der Waals surface area contributed by atoms with Crippen molar-refractivity contribution in [2.24, 2.45) is 0 Å². The van der Waals surface area contributed by atoms with Crippen molar-refractivity contribution in [3.63, 3.8) is 0 Å². The van der Waals surface area contributed by atoms with Crippen LogP contribution in [0.4, 0.5) is 0 Å². The summed E-state index contributed by atoms with van der Waals surface area (Å²) in [6.45, 7) is 2.05. The first-order valence-electron chi connectivity index (χ1n) is 4.63. The number of hydrogen-bond donors (Lipinski definition) is 1. The van der Waals surface area contributed by atoms with E-state index < -0.39 is 12.1 Å². The van der Waals surface area contributed by atoms with Crippen LogP contribution >= 0.6 is 0 Å². The molecule has 1 saturated heterocycles. The van der Waals surface area contributed by atoms with Crippen molar-refractivity contribution in [1.82, 2.24) is 0 Å². The lowest BCUT2D eigenvalue weighted by molar-refractivity contribution is -0.146. The van der Waals surface area contributed by atoms with Gasteiger partial charge in [-0.25, -0.2) is 4.79 Å². The molecule has 1 radical (unpaired) electrons. The first kappa shape index (κ1) is 10.1. The summed E-state index contributed by atoms with van der Waals surface area (Å²) in [4.78, 5) is 10.6. The monoisotopic (exact) mass is 207 g/mol. The van der Waals surface area contributed by atoms with Crippen LogP contribution in [0.5, 0.6) is 0 Å². The second kappa shape index (κ2) is 4.00. The maximum atomic E-state index is 10.6. The van der Waals surface area contributed by atoms with Gasteiger partial charge in [-0.3, -0.25) is 0 Å². The van der Waals surface area contributed by atoms with Crippen LogP contribution < -0.4 is 0 Å². The summed E-state index contributed by atoms with van der Waals surface area (Å²) >= 11 is 0. The van der Waals surface area contributed by atoms with E-state index in [1.54, 1.807) is 0 Å². The van der Waals surface area contributed by atoms with E-state index in [-0.39, 0.29) is 6.61 Å². The number of ether oxygens (including phenoxy) is 2. The fourth-order valence-corrected chi connectivity index (χ4v) is 1.31. The van der Waals surface area contributed by atoms with Gasteiger partial charge in [-0.05, 0) is 6.92 Å². The Morgan fingerprint density at radius 3 is 2.60 bits per heavy atom. The van der Waals surface area contributed by atoms with Gasteiger partial charge in [0.25, 0.3) is 6.29 Å². The second-order valence-electron chi connectivity index (χ2n) is 3.41. The minimum atomic E-state index is -1.00. The van der Waals surface area contributed by atoms with Crippen molar-refractivity contribution < 1.29 is 19.4 Å². The molecule has 1 aliphatic heterocycles. The number of hydrogen-bond acceptors (Lipinski definition) is 3. The van der Waals surface area contributed by atoms with Gasteiger partial charge in [0.05, 0.1) is 6.61 Å². The zero-order valence-electron chi connectivity index (χ0n) is 8.27. The summed E-state index contributed by atoms with van der Waals surface area (Å²) in [6.07, 6.45) is -0.594. The van der Waals surface area contributed by atoms with Crippen LogP contribution in [0.15, 0.2) is 24.3 Å². The topological polar surface area (TPSA) is 55.8 Å². The Kier molecular flexibility index (Phi) is 2.70. The second-order valence-corrected chi connectivity index (χ2v) is 3.41. The third kappa shape index (κ3) is 2.16. The first-order chi connectivity index (χ1) is 7.16. The number of carbonyl (C=O) groups is 1. The molecule has 0 bridgehead atoms. The molecule has 1 atom stereocenters. The number of carboxylic acid groups (broad SMARTS) is 1. The average molecular weight is 207 g/mol. The Morgan fingerprint density at radius 2 is 2.07 bits per heavy atom. The van der Waals surface area contributed by atoms with Crippen LogP contribution in [0, 0.1) is 13.2 Å². The van der Waals surface area contributed by atoms with Gasteiger partial charge >= 0.3 is 5.97 Å². The van der Waals surface area contributed by atoms with Gasteiger partial charge in [-0.2, -0.15) is 0 Å². The number of aryl methyl sites for hydroxylation is 1. The average Bonchev–Trinajstić information content (AvgIpc) is 2.68. The molecule has 4 heteroatoms. The molecule has 0 spiro atoms. The molecule has 1 aliphatic rings. The highest BCUT2D eigenvalue weighted by atomic mass is 16.7. The molecule has 1 fully saturated rings. The highest BCUT2D eigenvalue weighted by Gasteiger charge is 2.33. The summed E-state index contributed by atoms with van der Waals surface area (Å²) in [5, 5.41) is 8.70. The van der Waals surface area contributed by atoms with Gasteiger partial charge in [0, 0.05) is 5.56 Å². The maximum Gasteiger partial charge on any atom is 0.335 e. The van der Waals surface area contributed by atoms with Crippen molar-refractivity contribution in [2.45, 2.75) is 13.0 Å². The van der Waals surface area contributed by atoms with Gasteiger partial charge < -0.3 is 14.6 Å². The van der Waals surface area contributed by atoms with E-state index in [1.165, 1.54) is 0 Å². The quantitative estimate of drug-likeness (QED) is 0.794. The Bertz CT molecular complexity index is 357. The predicted molar refractivity (Wildman–Crippen MR) is 52.0 cm³/mol. The van der Waals surface area contributed by atoms with E-state index in [9.17, 15) is 4.79 Å². The molecular formula is C11H11O4. The number of aliphatic carboxylic acids is 1. The predicted octanol–water partition coefficient (Wildman–Crippen LogP) is 1.33. The largest absolute Gasteiger partial charge is 0.479 e. The van der Waals surface area contributed by atoms with Crippen LogP contribution in [0.25, 0.3) is 0 Å². The summed E-state index contributed by atoms with van der Waals surface area (Å²) in [7, 11) is 0. The molecule has 1 unspecified atom stereocenters. The van der Waals surface area contributed by atoms with Crippen molar-refractivity contribution >= 4 is 5.97 Å². The third-order valence-electron chi connectivity index (χ3n) is 2.18. The number of benzene rings is 1. The summed E-state index contributed by atoms with van der Waals surface area (Å²) in [5.41, 5.74) is 1.90. The zero-order valence-corrected chi connectivity index (χ0v) is 8.27. The minimum absolute atomic E-state index is 0.0680. The van der Waals surface area contributed by atoms with E-state index in [0.29, 0.717) is 6.29 Å². The molecule has 1 aromatic rings. The van der Waals surface area contributed by atoms with E-state index in [4.69, 9.17) is 14.6 Å². The zero-order chi connectivity index (χ0) is 10.8. The molecule has 0 amide bonds. The van der Waals surface area contributed by atoms with E-state index in [1.807, 2.05) is 31.2 Å². The summed E-state index contributed by atoms with van der Waals surface area (Å²) < 4.78 is 10.3. The van der Waals surface area contributed by atoms with Crippen LogP contribution in [0.2, 0.25) is 0 Å². The molecule has 0 aromatic heterocycles. The van der Waals surface area contributed by atoms with Crippen molar-refractivity contribution in [1.29, 1.82) is 0 Å². The van der Waals surface area contributed by atoms with Crippen LogP contribution in [0.1, 0.15) is 11.1 Å². The normalized spacial score (nSPS) is 21.8. The minimum Gasteiger partial charge on any atom is -0.479 e. The van der Waals surface area contributed by atoms with Crippen LogP contribution in [-0.2, 0) is 14.3 Å². The fourth-order valence-electron chi connectivity index (χ4n) is 1.31. The number of carboxylic acids is 1. The third-order valence-corrected chi connectivity index (χ3v) is 2.18. The maximum absolute atomic E-state index is 10.6. The molecule has 4 nitrogen and oxygen atoms in total. The van der Waals surface area contributed by atoms with Gasteiger partial charge in [0.15, 0.2) is 6.10 Å². The van der Waals surface area contributed by atoms with E-state index in [0.717, 1.165) is 11.1 Å². The van der Waals surface area contributed by atoms with Crippen LogP contribution in [0.3, 0.4) is 0 Å². The van der Waals surface area contributed by atoms with Crippen LogP contribution in [-0.4, -0.2) is 23.8 Å². The molecule has 1 aromatic carbocycles. The Labute approximate surface area is 87.4 Å². The molecule has 0 saturated carbocycles. The summed E-state index contributed by atoms with van der Waals surface area (Å²) in [6, 6.07) is 7.52. The van der Waals surface area contributed by atoms with Crippen molar-refractivity contribution in [3.05, 3.63) is 41.7 Å². The van der Waals surface area contributed by atoms with Gasteiger partial charge in [0.1, 0.15) is 0 Å². The SMILES string of the molecule is Cc1ccc([C]2OCC(C(=O)O)O2)cc1. The molecule has 15 heavy (non-hydrogen) atoms. The Morgan fingerprint density at radius 1 is 1.40 bits per heavy atom. The Hall–Kier alpha value is -1.39. The number of rotatable bonds is 2. The highest BCUT2D eigenvalue weighted by Crippen LogP contribution is 2.25. The van der Waals surface area contributed by atoms with Gasteiger partial charge in [-0.1, -0.05) is 29.8 Å². The molecular weight excluding hydrogens is 196 g/mol. The molecule has 1 heterocycles. The lowest BCUT2D eigenvalue weighted by atomic mass is 10.1. The standard InChI is InChI=1S/C11H11O4/c1-7-2-4-8(5-3-7)11-14-6-9(15-11)10(12)13/h2-5,9H,6H2,1H3,(H,12,13). The van der Waals surface area contributed by atoms with E-state index >= 15 is 0 Å². The highest BCUT2D eigenvalue weighted by molar-refractivity contribution is 5.73. The molecule has 2 rings (SSSR count). The van der Waals surface area contributed by atoms with Gasteiger partial charge in [-0.15, -0.1) is 0 Å². The smallest absolute Gasteiger partial charge is 0.335 e. The first-order valence-corrected chi connectivity index (χ1v) is 4.63. The fraction of sp³-hybridized carbons (Fsp3) is 0.273. The lowest BCUT2D eigenvalue weighted by Gasteiger charge is -2.07. The van der Waals surface area contributed by atoms with Gasteiger partial charge in [0.2, 0.25) is 0 Å². The molecule has 1 N–H and O–H groups in total. The summed E-state index contributed by atoms with van der Waals surface area (Å²) in [5.74, 6) is -1.00. The van der Waals surface area contributed by atoms with Crippen molar-refractivity contribution in [2.75, 3.05) is 6.61 Å². The molecule has 79 valence electrons. The molecule has 0 aliphatic carbocycles. The lowest BCUT2D eigenvalue weighted by Crippen LogP contribution is -2.21. The van der Waals surface area contributed by atoms with Crippen molar-refractivity contribution in [3.8, 4) is 0 Å².